The van der Waals surface area contributed by atoms with Crippen molar-refractivity contribution >= 4 is 29.5 Å². The topological polar surface area (TPSA) is 116 Å². The molecule has 0 aliphatic carbocycles. The van der Waals surface area contributed by atoms with Crippen molar-refractivity contribution in [1.29, 1.82) is 0 Å². The molecular weight excluding hydrogens is 285 g/mol. The minimum Gasteiger partial charge on any atom is -0.478 e. The Morgan fingerprint density at radius 1 is 1.38 bits per heavy atom. The molecule has 21 heavy (non-hydrogen) atoms. The molecule has 1 aliphatic rings. The van der Waals surface area contributed by atoms with E-state index in [1.807, 2.05) is 0 Å². The maximum atomic E-state index is 13.0. The second-order valence-electron chi connectivity index (χ2n) is 4.18. The molecule has 1 aromatic carbocycles. The number of urea groups is 1. The summed E-state index contributed by atoms with van der Waals surface area (Å²) in [4.78, 5) is 46.0. The number of aromatic carboxylic acids is 1. The molecule has 0 unspecified atom stereocenters. The number of nitrogens with zero attached hydrogens (tertiary/aromatic N) is 1. The Hall–Kier alpha value is -2.97. The lowest BCUT2D eigenvalue weighted by Gasteiger charge is -2.13. The molecule has 0 aromatic heterocycles. The van der Waals surface area contributed by atoms with Gasteiger partial charge in [0.1, 0.15) is 12.4 Å². The zero-order chi connectivity index (χ0) is 15.6. The Morgan fingerprint density at radius 3 is 2.67 bits per heavy atom. The molecule has 110 valence electrons. The molecule has 0 bridgehead atoms. The van der Waals surface area contributed by atoms with Crippen molar-refractivity contribution in [3.05, 3.63) is 29.6 Å². The van der Waals surface area contributed by atoms with Gasteiger partial charge in [-0.2, -0.15) is 0 Å². The van der Waals surface area contributed by atoms with Crippen LogP contribution in [0.25, 0.3) is 0 Å². The molecule has 1 heterocycles. The molecule has 8 nitrogen and oxygen atoms in total. The fourth-order valence-corrected chi connectivity index (χ4v) is 1.75. The van der Waals surface area contributed by atoms with Crippen molar-refractivity contribution < 1.29 is 28.7 Å². The lowest BCUT2D eigenvalue weighted by Crippen LogP contribution is -2.38. The molecule has 0 saturated carbocycles. The summed E-state index contributed by atoms with van der Waals surface area (Å²) in [5, 5.41) is 13.4. The summed E-state index contributed by atoms with van der Waals surface area (Å²) in [7, 11) is 0. The highest BCUT2D eigenvalue weighted by Crippen LogP contribution is 2.17. The summed E-state index contributed by atoms with van der Waals surface area (Å²) >= 11 is 0. The van der Waals surface area contributed by atoms with E-state index in [2.05, 4.69) is 10.6 Å². The van der Waals surface area contributed by atoms with Crippen LogP contribution in [0, 0.1) is 5.82 Å². The first kappa shape index (κ1) is 14.4. The number of anilines is 1. The van der Waals surface area contributed by atoms with E-state index in [0.29, 0.717) is 4.90 Å². The van der Waals surface area contributed by atoms with Crippen LogP contribution in [-0.4, -0.2) is 46.9 Å². The Labute approximate surface area is 117 Å². The van der Waals surface area contributed by atoms with E-state index >= 15 is 0 Å². The predicted molar refractivity (Wildman–Crippen MR) is 67.1 cm³/mol. The number of carboxylic acid groups (broad SMARTS) is 1. The highest BCUT2D eigenvalue weighted by atomic mass is 19.1. The minimum absolute atomic E-state index is 0.124. The second-order valence-corrected chi connectivity index (χ2v) is 4.18. The maximum Gasteiger partial charge on any atom is 0.337 e. The molecule has 1 saturated heterocycles. The zero-order valence-electron chi connectivity index (χ0n) is 10.6. The van der Waals surface area contributed by atoms with Gasteiger partial charge in [-0.05, 0) is 18.2 Å². The van der Waals surface area contributed by atoms with Gasteiger partial charge in [-0.1, -0.05) is 0 Å². The molecule has 1 fully saturated rings. The monoisotopic (exact) mass is 295 g/mol. The lowest BCUT2D eigenvalue weighted by atomic mass is 10.1. The van der Waals surface area contributed by atoms with E-state index in [9.17, 15) is 23.6 Å². The smallest absolute Gasteiger partial charge is 0.337 e. The first-order chi connectivity index (χ1) is 9.88. The largest absolute Gasteiger partial charge is 0.478 e. The van der Waals surface area contributed by atoms with Gasteiger partial charge in [-0.25, -0.2) is 14.0 Å². The van der Waals surface area contributed by atoms with Crippen molar-refractivity contribution in [2.75, 3.05) is 18.4 Å². The summed E-state index contributed by atoms with van der Waals surface area (Å²) in [6.45, 7) is -0.746. The number of rotatable bonds is 4. The SMILES string of the molecule is O=C(CN1C(=O)CNC1=O)Nc1ccc(F)cc1C(=O)O. The van der Waals surface area contributed by atoms with Gasteiger partial charge in [0.2, 0.25) is 5.91 Å². The number of amides is 4. The van der Waals surface area contributed by atoms with Gasteiger partial charge in [0.25, 0.3) is 5.91 Å². The van der Waals surface area contributed by atoms with Crippen LogP contribution < -0.4 is 10.6 Å². The van der Waals surface area contributed by atoms with Crippen LogP contribution in [0.1, 0.15) is 10.4 Å². The highest BCUT2D eigenvalue weighted by molar-refractivity contribution is 6.07. The van der Waals surface area contributed by atoms with E-state index in [4.69, 9.17) is 5.11 Å². The third kappa shape index (κ3) is 3.14. The molecule has 0 spiro atoms. The number of carboxylic acids is 1. The molecule has 0 radical (unpaired) electrons. The molecule has 1 aromatic rings. The molecular formula is C12H10FN3O5. The summed E-state index contributed by atoms with van der Waals surface area (Å²) in [6.07, 6.45) is 0. The average molecular weight is 295 g/mol. The summed E-state index contributed by atoms with van der Waals surface area (Å²) < 4.78 is 13.0. The summed E-state index contributed by atoms with van der Waals surface area (Å²) in [5.74, 6) is -3.51. The molecule has 1 aliphatic heterocycles. The van der Waals surface area contributed by atoms with E-state index in [1.54, 1.807) is 0 Å². The maximum absolute atomic E-state index is 13.0. The number of carbonyl (C=O) groups is 4. The third-order valence-corrected chi connectivity index (χ3v) is 2.72. The third-order valence-electron chi connectivity index (χ3n) is 2.72. The Bertz CT molecular complexity index is 630. The molecule has 4 amide bonds. The van der Waals surface area contributed by atoms with Gasteiger partial charge >= 0.3 is 12.0 Å². The quantitative estimate of drug-likeness (QED) is 0.677. The first-order valence-electron chi connectivity index (χ1n) is 5.79. The van der Waals surface area contributed by atoms with Crippen molar-refractivity contribution in [2.24, 2.45) is 0 Å². The molecule has 3 N–H and O–H groups in total. The van der Waals surface area contributed by atoms with Crippen LogP contribution in [0.3, 0.4) is 0 Å². The van der Waals surface area contributed by atoms with E-state index in [-0.39, 0.29) is 12.2 Å². The van der Waals surface area contributed by atoms with E-state index < -0.39 is 41.7 Å². The van der Waals surface area contributed by atoms with Crippen LogP contribution in [0.15, 0.2) is 18.2 Å². The van der Waals surface area contributed by atoms with Crippen LogP contribution in [-0.2, 0) is 9.59 Å². The van der Waals surface area contributed by atoms with Gasteiger partial charge in [-0.15, -0.1) is 0 Å². The predicted octanol–water partition coefficient (Wildman–Crippen LogP) is 0.0142. The Kier molecular flexibility index (Phi) is 3.83. The van der Waals surface area contributed by atoms with Gasteiger partial charge < -0.3 is 15.7 Å². The number of imide groups is 1. The van der Waals surface area contributed by atoms with Gasteiger partial charge in [0.05, 0.1) is 17.8 Å². The standard InChI is InChI=1S/C12H10FN3O5/c13-6-1-2-8(7(3-6)11(19)20)15-9(17)5-16-10(18)4-14-12(16)21/h1-3H,4-5H2,(H,14,21)(H,15,17)(H,19,20). The number of carbonyl (C=O) groups excluding carboxylic acids is 3. The Balaban J connectivity index is 2.11. The number of halogens is 1. The summed E-state index contributed by atoms with van der Waals surface area (Å²) in [6, 6.07) is 2.12. The number of nitrogens with one attached hydrogen (secondary N) is 2. The molecule has 9 heteroatoms. The highest BCUT2D eigenvalue weighted by Gasteiger charge is 2.30. The van der Waals surface area contributed by atoms with Gasteiger partial charge in [0.15, 0.2) is 0 Å². The lowest BCUT2D eigenvalue weighted by molar-refractivity contribution is -0.128. The van der Waals surface area contributed by atoms with Crippen molar-refractivity contribution in [3.63, 3.8) is 0 Å². The fraction of sp³-hybridized carbons (Fsp3) is 0.167. The van der Waals surface area contributed by atoms with Crippen LogP contribution in [0.4, 0.5) is 14.9 Å². The van der Waals surface area contributed by atoms with Gasteiger partial charge in [0, 0.05) is 0 Å². The zero-order valence-corrected chi connectivity index (χ0v) is 10.6. The van der Waals surface area contributed by atoms with E-state index in [1.165, 1.54) is 0 Å². The van der Waals surface area contributed by atoms with Crippen LogP contribution in [0.5, 0.6) is 0 Å². The fourth-order valence-electron chi connectivity index (χ4n) is 1.75. The van der Waals surface area contributed by atoms with Crippen molar-refractivity contribution in [3.8, 4) is 0 Å². The molecule has 2 rings (SSSR count). The second kappa shape index (κ2) is 5.57. The van der Waals surface area contributed by atoms with Crippen molar-refractivity contribution in [2.45, 2.75) is 0 Å². The Morgan fingerprint density at radius 2 is 2.10 bits per heavy atom. The normalized spacial score (nSPS) is 14.0. The van der Waals surface area contributed by atoms with Crippen LogP contribution in [0.2, 0.25) is 0 Å². The minimum atomic E-state index is -1.42. The van der Waals surface area contributed by atoms with Crippen LogP contribution >= 0.6 is 0 Å². The molecule has 0 atom stereocenters. The van der Waals surface area contributed by atoms with Crippen molar-refractivity contribution in [1.82, 2.24) is 10.2 Å². The first-order valence-corrected chi connectivity index (χ1v) is 5.79. The number of hydrogen-bond donors (Lipinski definition) is 3. The number of hydrogen-bond acceptors (Lipinski definition) is 4. The van der Waals surface area contributed by atoms with E-state index in [0.717, 1.165) is 18.2 Å². The summed E-state index contributed by atoms with van der Waals surface area (Å²) in [5.41, 5.74) is -0.554. The number of benzene rings is 1. The average Bonchev–Trinajstić information content (AvgIpc) is 2.72. The van der Waals surface area contributed by atoms with Gasteiger partial charge in [-0.3, -0.25) is 14.5 Å².